The van der Waals surface area contributed by atoms with Crippen molar-refractivity contribution in [3.05, 3.63) is 84.2 Å². The molecule has 0 saturated carbocycles. The zero-order chi connectivity index (χ0) is 18.2. The van der Waals surface area contributed by atoms with Crippen molar-refractivity contribution in [2.45, 2.75) is 12.8 Å². The van der Waals surface area contributed by atoms with E-state index in [1.807, 2.05) is 29.9 Å². The molecular formula is C24H18N2O. The monoisotopic (exact) mass is 350 g/mol. The third kappa shape index (κ3) is 2.58. The van der Waals surface area contributed by atoms with E-state index in [0.717, 1.165) is 52.4 Å². The molecule has 1 aliphatic rings. The van der Waals surface area contributed by atoms with E-state index in [2.05, 4.69) is 59.6 Å². The predicted octanol–water partition coefficient (Wildman–Crippen LogP) is 5.57. The Balaban J connectivity index is 1.76. The standard InChI is InChI=1S/C24H18N2O/c1-26-16-15-25-24(26)23-21-14-8-7-13-20(21)22(27-23)19-12-6-5-11-18(19)17-9-3-2-4-10-17/h2-3,5-6,8-9,11-12,14-16H,7,13H2,1H3. The van der Waals surface area contributed by atoms with Gasteiger partial charge in [-0.1, -0.05) is 54.6 Å². The summed E-state index contributed by atoms with van der Waals surface area (Å²) in [4.78, 5) is 4.51. The van der Waals surface area contributed by atoms with Gasteiger partial charge in [0.15, 0.2) is 11.6 Å². The van der Waals surface area contributed by atoms with E-state index in [0.29, 0.717) is 0 Å². The van der Waals surface area contributed by atoms with Crippen molar-refractivity contribution >= 4 is 6.08 Å². The molecule has 0 spiro atoms. The molecule has 0 N–H and O–H groups in total. The van der Waals surface area contributed by atoms with Gasteiger partial charge in [0.1, 0.15) is 5.76 Å². The van der Waals surface area contributed by atoms with Crippen LogP contribution in [0.1, 0.15) is 17.5 Å². The van der Waals surface area contributed by atoms with Crippen molar-refractivity contribution in [1.29, 1.82) is 0 Å². The molecule has 27 heavy (non-hydrogen) atoms. The Hall–Kier alpha value is -3.51. The van der Waals surface area contributed by atoms with Crippen LogP contribution in [0.25, 0.3) is 40.1 Å². The van der Waals surface area contributed by atoms with Gasteiger partial charge in [-0.15, -0.1) is 0 Å². The lowest BCUT2D eigenvalue weighted by Gasteiger charge is -2.10. The van der Waals surface area contributed by atoms with Gasteiger partial charge in [0.25, 0.3) is 0 Å². The van der Waals surface area contributed by atoms with Crippen molar-refractivity contribution in [1.82, 2.24) is 9.55 Å². The second-order valence-electron chi connectivity index (χ2n) is 6.71. The molecule has 1 aliphatic carbocycles. The van der Waals surface area contributed by atoms with Crippen molar-refractivity contribution in [3.63, 3.8) is 0 Å². The Morgan fingerprint density at radius 2 is 1.96 bits per heavy atom. The number of fused-ring (bicyclic) bond motifs is 1. The van der Waals surface area contributed by atoms with Crippen LogP contribution in [0.3, 0.4) is 0 Å². The Labute approximate surface area is 158 Å². The molecule has 0 aliphatic heterocycles. The molecule has 2 aromatic heterocycles. The normalized spacial score (nSPS) is 12.6. The van der Waals surface area contributed by atoms with Gasteiger partial charge in [0, 0.05) is 47.3 Å². The third-order valence-corrected chi connectivity index (χ3v) is 5.03. The van der Waals surface area contributed by atoms with Crippen molar-refractivity contribution < 1.29 is 4.42 Å². The molecule has 5 rings (SSSR count). The zero-order valence-corrected chi connectivity index (χ0v) is 15.1. The first kappa shape index (κ1) is 15.7. The summed E-state index contributed by atoms with van der Waals surface area (Å²) >= 11 is 0. The Morgan fingerprint density at radius 1 is 1.07 bits per heavy atom. The average molecular weight is 350 g/mol. The topological polar surface area (TPSA) is 31.0 Å². The number of benzene rings is 1. The first-order valence-electron chi connectivity index (χ1n) is 9.11. The van der Waals surface area contributed by atoms with Crippen LogP contribution in [0.4, 0.5) is 0 Å². The highest BCUT2D eigenvalue weighted by atomic mass is 16.3. The smallest absolute Gasteiger partial charge is 0.177 e. The van der Waals surface area contributed by atoms with Crippen LogP contribution in [0.2, 0.25) is 0 Å². The summed E-state index contributed by atoms with van der Waals surface area (Å²) in [7, 11) is 1.99. The quantitative estimate of drug-likeness (QED) is 0.483. The molecule has 0 saturated heterocycles. The van der Waals surface area contributed by atoms with Crippen LogP contribution < -0.4 is 0 Å². The van der Waals surface area contributed by atoms with Crippen molar-refractivity contribution in [2.24, 2.45) is 7.05 Å². The fourth-order valence-electron chi connectivity index (χ4n) is 3.73. The van der Waals surface area contributed by atoms with Gasteiger partial charge in [0.05, 0.1) is 0 Å². The van der Waals surface area contributed by atoms with E-state index in [4.69, 9.17) is 4.42 Å². The minimum Gasteiger partial charge on any atom is -0.452 e. The van der Waals surface area contributed by atoms with Crippen LogP contribution in [0, 0.1) is 12.1 Å². The van der Waals surface area contributed by atoms with E-state index in [1.54, 1.807) is 6.20 Å². The van der Waals surface area contributed by atoms with Gasteiger partial charge in [0.2, 0.25) is 0 Å². The minimum atomic E-state index is 0.835. The Morgan fingerprint density at radius 3 is 2.74 bits per heavy atom. The molecule has 0 unspecified atom stereocenters. The summed E-state index contributed by atoms with van der Waals surface area (Å²) < 4.78 is 8.48. The van der Waals surface area contributed by atoms with Gasteiger partial charge >= 0.3 is 0 Å². The number of furan rings is 1. The maximum absolute atomic E-state index is 6.48. The lowest BCUT2D eigenvalue weighted by atomic mass is 9.92. The van der Waals surface area contributed by atoms with Crippen molar-refractivity contribution in [2.75, 3.05) is 0 Å². The summed E-state index contributed by atoms with van der Waals surface area (Å²) in [5.74, 6) is 2.61. The molecule has 0 fully saturated rings. The van der Waals surface area contributed by atoms with E-state index >= 15 is 0 Å². The van der Waals surface area contributed by atoms with E-state index < -0.39 is 0 Å². The number of allylic oxidation sites excluding steroid dienone is 1. The summed E-state index contributed by atoms with van der Waals surface area (Å²) in [6.45, 7) is 0. The Bertz CT molecular complexity index is 1130. The van der Waals surface area contributed by atoms with Gasteiger partial charge < -0.3 is 8.98 Å². The molecule has 4 aromatic rings. The summed E-state index contributed by atoms with van der Waals surface area (Å²) in [5.41, 5.74) is 5.60. The number of hydrogen-bond donors (Lipinski definition) is 0. The first-order chi connectivity index (χ1) is 13.3. The molecule has 2 heterocycles. The van der Waals surface area contributed by atoms with Crippen LogP contribution in [0.15, 0.2) is 65.4 Å². The minimum absolute atomic E-state index is 0.835. The largest absolute Gasteiger partial charge is 0.452 e. The fraction of sp³-hybridized carbons (Fsp3) is 0.125. The van der Waals surface area contributed by atoms with E-state index in [1.165, 1.54) is 5.56 Å². The van der Waals surface area contributed by atoms with Crippen LogP contribution >= 0.6 is 0 Å². The number of imidazole rings is 1. The van der Waals surface area contributed by atoms with E-state index in [9.17, 15) is 0 Å². The van der Waals surface area contributed by atoms with Gasteiger partial charge in [-0.05, 0) is 25.0 Å². The highest BCUT2D eigenvalue weighted by Crippen LogP contribution is 2.42. The second kappa shape index (κ2) is 6.34. The second-order valence-corrected chi connectivity index (χ2v) is 6.71. The lowest BCUT2D eigenvalue weighted by Crippen LogP contribution is -1.95. The van der Waals surface area contributed by atoms with Gasteiger partial charge in [-0.2, -0.15) is 0 Å². The van der Waals surface area contributed by atoms with Crippen LogP contribution in [-0.4, -0.2) is 9.55 Å². The maximum Gasteiger partial charge on any atom is 0.177 e. The zero-order valence-electron chi connectivity index (χ0n) is 15.1. The number of aryl methyl sites for hydroxylation is 1. The number of rotatable bonds is 3. The third-order valence-electron chi connectivity index (χ3n) is 5.03. The van der Waals surface area contributed by atoms with Crippen LogP contribution in [0.5, 0.6) is 0 Å². The number of aromatic nitrogens is 2. The number of hydrogen-bond acceptors (Lipinski definition) is 2. The molecule has 0 amide bonds. The first-order valence-corrected chi connectivity index (χ1v) is 9.11. The highest BCUT2D eigenvalue weighted by molar-refractivity contribution is 5.86. The summed E-state index contributed by atoms with van der Waals surface area (Å²) in [6, 6.07) is 20.5. The molecule has 3 heteroatoms. The van der Waals surface area contributed by atoms with Gasteiger partial charge in [-0.25, -0.2) is 4.98 Å². The Kier molecular flexibility index (Phi) is 3.69. The molecular weight excluding hydrogens is 332 g/mol. The molecule has 0 atom stereocenters. The average Bonchev–Trinajstić information content (AvgIpc) is 3.32. The molecule has 0 radical (unpaired) electrons. The lowest BCUT2D eigenvalue weighted by molar-refractivity contribution is 0.585. The summed E-state index contributed by atoms with van der Waals surface area (Å²) in [5, 5.41) is 0. The van der Waals surface area contributed by atoms with Gasteiger partial charge in [-0.3, -0.25) is 0 Å². The summed E-state index contributed by atoms with van der Waals surface area (Å²) in [6.07, 6.45) is 10.1. The fourth-order valence-corrected chi connectivity index (χ4v) is 3.73. The van der Waals surface area contributed by atoms with Crippen LogP contribution in [-0.2, 0) is 13.5 Å². The maximum atomic E-state index is 6.48. The number of nitrogens with zero attached hydrogens (tertiary/aromatic N) is 2. The van der Waals surface area contributed by atoms with E-state index in [-0.39, 0.29) is 0 Å². The molecule has 130 valence electrons. The SMILES string of the molecule is Cn1ccnc1-c1oc(-c2ccccc2-c2c#cccc2)c2c1C=CCC2. The molecule has 3 nitrogen and oxygen atoms in total. The predicted molar refractivity (Wildman–Crippen MR) is 107 cm³/mol. The molecule has 2 aromatic carbocycles. The highest BCUT2D eigenvalue weighted by Gasteiger charge is 2.25. The molecule has 0 bridgehead atoms. The van der Waals surface area contributed by atoms with Crippen molar-refractivity contribution in [3.8, 4) is 34.0 Å².